The summed E-state index contributed by atoms with van der Waals surface area (Å²) >= 11 is 0. The van der Waals surface area contributed by atoms with Crippen LogP contribution in [0.5, 0.6) is 5.75 Å². The number of hydrogen-bond donors (Lipinski definition) is 0. The van der Waals surface area contributed by atoms with Crippen LogP contribution in [0.1, 0.15) is 31.9 Å². The number of hydrogen-bond acceptors (Lipinski definition) is 5. The third-order valence-corrected chi connectivity index (χ3v) is 6.20. The summed E-state index contributed by atoms with van der Waals surface area (Å²) in [5, 5.41) is 0. The average molecular weight is 542 g/mol. The molecule has 0 radical (unpaired) electrons. The maximum atomic E-state index is 14.6. The van der Waals surface area contributed by atoms with Gasteiger partial charge in [-0.1, -0.05) is 36.4 Å². The van der Waals surface area contributed by atoms with Gasteiger partial charge in [0, 0.05) is 30.6 Å². The Kier molecular flexibility index (Phi) is 7.34. The first-order chi connectivity index (χ1) is 19.1. The SMILES string of the molecule is Cc1cccc(-c2nc3ccn(Cc4ccc(-c5ccc(F)cc5OCC(=O)OC(C)(C)C)cc4)cc-3n2)c1F. The number of nitrogens with zero attached hydrogens (tertiary/aromatic N) is 3. The summed E-state index contributed by atoms with van der Waals surface area (Å²) in [5.41, 5.74) is 4.16. The number of halogens is 2. The summed E-state index contributed by atoms with van der Waals surface area (Å²) in [6, 6.07) is 19.1. The monoisotopic (exact) mass is 541 g/mol. The van der Waals surface area contributed by atoms with Crippen LogP contribution in [0.25, 0.3) is 33.9 Å². The molecule has 0 atom stereocenters. The number of ether oxygens (including phenoxy) is 2. The van der Waals surface area contributed by atoms with Crippen LogP contribution >= 0.6 is 0 Å². The van der Waals surface area contributed by atoms with Gasteiger partial charge in [-0.25, -0.2) is 23.5 Å². The molecule has 0 unspecified atom stereocenters. The van der Waals surface area contributed by atoms with Crippen LogP contribution in [0.15, 0.2) is 79.1 Å². The van der Waals surface area contributed by atoms with Gasteiger partial charge in [0.1, 0.15) is 28.7 Å². The van der Waals surface area contributed by atoms with Gasteiger partial charge >= 0.3 is 5.97 Å². The largest absolute Gasteiger partial charge is 0.481 e. The fraction of sp³-hybridized carbons (Fsp3) is 0.219. The molecule has 2 aliphatic rings. The molecule has 5 rings (SSSR count). The highest BCUT2D eigenvalue weighted by Gasteiger charge is 2.19. The van der Waals surface area contributed by atoms with E-state index in [9.17, 15) is 13.6 Å². The predicted octanol–water partition coefficient (Wildman–Crippen LogP) is 7.07. The zero-order chi connectivity index (χ0) is 28.4. The summed E-state index contributed by atoms with van der Waals surface area (Å²) in [4.78, 5) is 21.2. The van der Waals surface area contributed by atoms with E-state index in [1.807, 2.05) is 47.3 Å². The van der Waals surface area contributed by atoms with E-state index in [2.05, 4.69) is 9.97 Å². The quantitative estimate of drug-likeness (QED) is 0.206. The summed E-state index contributed by atoms with van der Waals surface area (Å²) in [5.74, 6) is -0.686. The van der Waals surface area contributed by atoms with Gasteiger partial charge in [-0.3, -0.25) is 0 Å². The van der Waals surface area contributed by atoms with E-state index in [-0.39, 0.29) is 18.2 Å². The third-order valence-electron chi connectivity index (χ3n) is 6.20. The molecule has 40 heavy (non-hydrogen) atoms. The highest BCUT2D eigenvalue weighted by Crippen LogP contribution is 2.32. The molecule has 0 aromatic heterocycles. The maximum Gasteiger partial charge on any atom is 0.344 e. The molecule has 0 saturated carbocycles. The summed E-state index contributed by atoms with van der Waals surface area (Å²) in [6.07, 6.45) is 3.79. The minimum atomic E-state index is -0.639. The molecule has 0 fully saturated rings. The van der Waals surface area contributed by atoms with Crippen molar-refractivity contribution in [1.29, 1.82) is 0 Å². The number of carbonyl (C=O) groups excluding carboxylic acids is 1. The topological polar surface area (TPSA) is 66.2 Å². The van der Waals surface area contributed by atoms with Crippen molar-refractivity contribution in [2.45, 2.75) is 39.8 Å². The van der Waals surface area contributed by atoms with Crippen LogP contribution < -0.4 is 4.74 Å². The highest BCUT2D eigenvalue weighted by molar-refractivity contribution is 5.74. The lowest BCUT2D eigenvalue weighted by atomic mass is 10.0. The summed E-state index contributed by atoms with van der Waals surface area (Å²) in [6.45, 7) is 7.28. The number of aromatic nitrogens is 3. The zero-order valence-corrected chi connectivity index (χ0v) is 22.7. The molecule has 2 aliphatic heterocycles. The van der Waals surface area contributed by atoms with Crippen molar-refractivity contribution in [3.63, 3.8) is 0 Å². The molecule has 0 N–H and O–H groups in total. The van der Waals surface area contributed by atoms with Crippen molar-refractivity contribution in [3.8, 4) is 39.7 Å². The van der Waals surface area contributed by atoms with Gasteiger partial charge < -0.3 is 14.0 Å². The van der Waals surface area contributed by atoms with Crippen molar-refractivity contribution >= 4 is 5.97 Å². The van der Waals surface area contributed by atoms with Crippen molar-refractivity contribution in [3.05, 3.63) is 102 Å². The molecule has 3 aromatic rings. The Morgan fingerprint density at radius 2 is 1.68 bits per heavy atom. The Bertz CT molecular complexity index is 1640. The third kappa shape index (κ3) is 6.17. The standard InChI is InChI=1S/C32H29F2N3O3/c1-20-6-5-7-25(30(20)34)31-35-26-14-15-37(18-27(26)36-31)17-21-8-10-22(11-9-21)24-13-12-23(33)16-28(24)39-19-29(38)40-32(2,3)4/h5-16,18H,17,19H2,1-4H3. The van der Waals surface area contributed by atoms with Crippen LogP contribution in [0.4, 0.5) is 8.78 Å². The van der Waals surface area contributed by atoms with Crippen LogP contribution in [-0.2, 0) is 16.1 Å². The lowest BCUT2D eigenvalue weighted by Crippen LogP contribution is -2.27. The van der Waals surface area contributed by atoms with E-state index in [0.717, 1.165) is 11.1 Å². The van der Waals surface area contributed by atoms with Crippen LogP contribution in [0.3, 0.4) is 0 Å². The number of fused-ring (bicyclic) bond motifs is 1. The van der Waals surface area contributed by atoms with E-state index in [4.69, 9.17) is 9.47 Å². The second-order valence-corrected chi connectivity index (χ2v) is 10.6. The number of rotatable bonds is 7. The number of imidazole rings is 1. The molecule has 0 spiro atoms. The first-order valence-corrected chi connectivity index (χ1v) is 12.9. The molecule has 0 aliphatic carbocycles. The van der Waals surface area contributed by atoms with E-state index >= 15 is 0 Å². The lowest BCUT2D eigenvalue weighted by molar-refractivity contribution is -0.157. The Labute approximate surface area is 231 Å². The van der Waals surface area contributed by atoms with Gasteiger partial charge in [-0.05, 0) is 68.7 Å². The number of esters is 1. The fourth-order valence-corrected chi connectivity index (χ4v) is 4.35. The van der Waals surface area contributed by atoms with E-state index in [1.165, 1.54) is 12.1 Å². The molecule has 2 heterocycles. The van der Waals surface area contributed by atoms with E-state index in [1.54, 1.807) is 52.0 Å². The minimum absolute atomic E-state index is 0.258. The predicted molar refractivity (Wildman–Crippen MR) is 149 cm³/mol. The van der Waals surface area contributed by atoms with Crippen molar-refractivity contribution in [1.82, 2.24) is 14.5 Å². The minimum Gasteiger partial charge on any atom is -0.481 e. The Hall–Kier alpha value is -4.59. The first-order valence-electron chi connectivity index (χ1n) is 12.9. The molecule has 204 valence electrons. The van der Waals surface area contributed by atoms with Crippen molar-refractivity contribution in [2.24, 2.45) is 0 Å². The van der Waals surface area contributed by atoms with E-state index < -0.39 is 17.4 Å². The molecule has 8 heteroatoms. The molecular formula is C32H29F2N3O3. The number of aryl methyl sites for hydroxylation is 1. The summed E-state index contributed by atoms with van der Waals surface area (Å²) < 4.78 is 41.5. The van der Waals surface area contributed by atoms with Crippen LogP contribution in [0.2, 0.25) is 0 Å². The lowest BCUT2D eigenvalue weighted by Gasteiger charge is -2.20. The van der Waals surface area contributed by atoms with Gasteiger partial charge in [0.15, 0.2) is 12.4 Å². The molecule has 6 nitrogen and oxygen atoms in total. The maximum absolute atomic E-state index is 14.6. The number of benzene rings is 3. The van der Waals surface area contributed by atoms with Gasteiger partial charge in [0.05, 0.1) is 11.3 Å². The normalized spacial score (nSPS) is 11.6. The van der Waals surface area contributed by atoms with Crippen molar-refractivity contribution < 1.29 is 23.0 Å². The Morgan fingerprint density at radius 3 is 2.42 bits per heavy atom. The van der Waals surface area contributed by atoms with Crippen LogP contribution in [0, 0.1) is 18.6 Å². The molecule has 0 bridgehead atoms. The Morgan fingerprint density at radius 1 is 0.925 bits per heavy atom. The first kappa shape index (κ1) is 27.0. The average Bonchev–Trinajstić information content (AvgIpc) is 3.32. The van der Waals surface area contributed by atoms with Gasteiger partial charge in [0.2, 0.25) is 0 Å². The molecule has 0 saturated heterocycles. The zero-order valence-electron chi connectivity index (χ0n) is 22.7. The molecule has 0 amide bonds. The van der Waals surface area contributed by atoms with Crippen molar-refractivity contribution in [2.75, 3.05) is 6.61 Å². The van der Waals surface area contributed by atoms with Gasteiger partial charge in [-0.2, -0.15) is 0 Å². The summed E-state index contributed by atoms with van der Waals surface area (Å²) in [7, 11) is 0. The fourth-order valence-electron chi connectivity index (χ4n) is 4.35. The second-order valence-electron chi connectivity index (χ2n) is 10.6. The van der Waals surface area contributed by atoms with Crippen LogP contribution in [-0.4, -0.2) is 32.7 Å². The van der Waals surface area contributed by atoms with Gasteiger partial charge in [0.25, 0.3) is 0 Å². The number of carbonyl (C=O) groups is 1. The van der Waals surface area contributed by atoms with Gasteiger partial charge in [-0.15, -0.1) is 0 Å². The Balaban J connectivity index is 1.32. The second kappa shape index (κ2) is 10.9. The number of pyridine rings is 1. The smallest absolute Gasteiger partial charge is 0.344 e. The highest BCUT2D eigenvalue weighted by atomic mass is 19.1. The van der Waals surface area contributed by atoms with E-state index in [0.29, 0.717) is 40.4 Å². The molecular weight excluding hydrogens is 512 g/mol. The molecule has 3 aromatic carbocycles.